The number of benzene rings is 1. The summed E-state index contributed by atoms with van der Waals surface area (Å²) in [5.74, 6) is -0.434. The summed E-state index contributed by atoms with van der Waals surface area (Å²) >= 11 is 1.08. The van der Waals surface area contributed by atoms with E-state index in [0.717, 1.165) is 35.7 Å². The second-order valence-electron chi connectivity index (χ2n) is 7.58. The Morgan fingerprint density at radius 2 is 1.77 bits per heavy atom. The van der Waals surface area contributed by atoms with E-state index < -0.39 is 5.25 Å². The predicted octanol–water partition coefficient (Wildman–Crippen LogP) is 3.33. The highest BCUT2D eigenvalue weighted by Gasteiger charge is 2.42. The standard InChI is InChI=1S/C22H19N5O2S/c1-11-4-3-5-12(2)19(11)27-17(28)8-16(22(27)29)30-21-15(10-24)18(13-6-7-13)14(9-23)20(25)26-21/h3-5,13,16H,6-8H2,1-2H3,(H2,25,26). The number of nitrogen functional groups attached to an aromatic ring is 1. The van der Waals surface area contributed by atoms with Crippen LogP contribution in [-0.2, 0) is 9.59 Å². The Morgan fingerprint density at radius 3 is 2.33 bits per heavy atom. The number of nitrogens with two attached hydrogens (primary N) is 1. The van der Waals surface area contributed by atoms with Crippen LogP contribution in [0, 0.1) is 36.5 Å². The van der Waals surface area contributed by atoms with Crippen molar-refractivity contribution in [2.24, 2.45) is 0 Å². The summed E-state index contributed by atoms with van der Waals surface area (Å²) in [5, 5.41) is 18.8. The molecule has 1 saturated carbocycles. The fraction of sp³-hybridized carbons (Fsp3) is 0.318. The first kappa shape index (κ1) is 19.9. The van der Waals surface area contributed by atoms with Crippen LogP contribution in [0.1, 0.15) is 53.0 Å². The number of rotatable bonds is 4. The van der Waals surface area contributed by atoms with E-state index in [0.29, 0.717) is 21.8 Å². The van der Waals surface area contributed by atoms with Gasteiger partial charge in [-0.05, 0) is 49.3 Å². The highest BCUT2D eigenvalue weighted by molar-refractivity contribution is 8.00. The van der Waals surface area contributed by atoms with Crippen LogP contribution in [0.4, 0.5) is 11.5 Å². The third-order valence-corrected chi connectivity index (χ3v) is 6.63. The second-order valence-corrected chi connectivity index (χ2v) is 8.77. The number of amides is 2. The molecule has 1 unspecified atom stereocenters. The normalized spacial score (nSPS) is 18.4. The van der Waals surface area contributed by atoms with E-state index in [2.05, 4.69) is 17.1 Å². The number of anilines is 2. The molecule has 0 bridgehead atoms. The Morgan fingerprint density at radius 1 is 1.13 bits per heavy atom. The number of nitrogens with zero attached hydrogens (tertiary/aromatic N) is 4. The molecule has 150 valence electrons. The van der Waals surface area contributed by atoms with Crippen LogP contribution in [0.2, 0.25) is 0 Å². The van der Waals surface area contributed by atoms with Crippen LogP contribution in [0.5, 0.6) is 0 Å². The van der Waals surface area contributed by atoms with Gasteiger partial charge in [-0.1, -0.05) is 30.0 Å². The van der Waals surface area contributed by atoms with Gasteiger partial charge in [-0.15, -0.1) is 0 Å². The van der Waals surface area contributed by atoms with Crippen molar-refractivity contribution in [2.45, 2.75) is 49.3 Å². The summed E-state index contributed by atoms with van der Waals surface area (Å²) in [5.41, 5.74) is 9.45. The van der Waals surface area contributed by atoms with E-state index in [1.54, 1.807) is 0 Å². The lowest BCUT2D eigenvalue weighted by Gasteiger charge is -2.20. The largest absolute Gasteiger partial charge is 0.383 e. The molecule has 1 aliphatic heterocycles. The average molecular weight is 417 g/mol. The summed E-state index contributed by atoms with van der Waals surface area (Å²) in [6, 6.07) is 9.82. The monoisotopic (exact) mass is 417 g/mol. The van der Waals surface area contributed by atoms with Gasteiger partial charge in [0.2, 0.25) is 11.8 Å². The summed E-state index contributed by atoms with van der Waals surface area (Å²) in [6.07, 6.45) is 1.79. The minimum absolute atomic E-state index is 0.0164. The molecule has 1 aliphatic carbocycles. The maximum atomic E-state index is 13.2. The highest BCUT2D eigenvalue weighted by atomic mass is 32.2. The number of aromatic nitrogens is 1. The number of carbonyl (C=O) groups is 2. The molecular weight excluding hydrogens is 398 g/mol. The van der Waals surface area contributed by atoms with Crippen LogP contribution in [0.15, 0.2) is 23.2 Å². The first-order chi connectivity index (χ1) is 14.4. The van der Waals surface area contributed by atoms with Gasteiger partial charge in [0.25, 0.3) is 0 Å². The number of hydrogen-bond acceptors (Lipinski definition) is 7. The summed E-state index contributed by atoms with van der Waals surface area (Å²) in [7, 11) is 0. The molecule has 2 heterocycles. The number of imide groups is 1. The molecule has 2 amide bonds. The number of para-hydroxylation sites is 1. The van der Waals surface area contributed by atoms with Crippen molar-refractivity contribution >= 4 is 35.1 Å². The third kappa shape index (κ3) is 3.20. The zero-order valence-corrected chi connectivity index (χ0v) is 17.4. The molecule has 0 spiro atoms. The van der Waals surface area contributed by atoms with Crippen molar-refractivity contribution in [3.63, 3.8) is 0 Å². The van der Waals surface area contributed by atoms with E-state index >= 15 is 0 Å². The smallest absolute Gasteiger partial charge is 0.247 e. The molecule has 1 aromatic heterocycles. The van der Waals surface area contributed by atoms with Crippen molar-refractivity contribution in [1.82, 2.24) is 4.98 Å². The van der Waals surface area contributed by atoms with Gasteiger partial charge in [0, 0.05) is 6.42 Å². The molecule has 2 fully saturated rings. The Labute approximate surface area is 178 Å². The quantitative estimate of drug-likeness (QED) is 0.757. The molecule has 4 rings (SSSR count). The van der Waals surface area contributed by atoms with E-state index in [9.17, 15) is 20.1 Å². The number of nitriles is 2. The van der Waals surface area contributed by atoms with Crippen LogP contribution in [-0.4, -0.2) is 22.0 Å². The van der Waals surface area contributed by atoms with Crippen LogP contribution in [0.3, 0.4) is 0 Å². The second kappa shape index (κ2) is 7.47. The van der Waals surface area contributed by atoms with Gasteiger partial charge in [0.05, 0.1) is 22.1 Å². The zero-order valence-electron chi connectivity index (χ0n) is 16.6. The van der Waals surface area contributed by atoms with E-state index in [4.69, 9.17) is 5.73 Å². The lowest BCUT2D eigenvalue weighted by atomic mass is 10.0. The van der Waals surface area contributed by atoms with Gasteiger partial charge in [0.1, 0.15) is 23.0 Å². The minimum Gasteiger partial charge on any atom is -0.383 e. The Bertz CT molecular complexity index is 1150. The maximum Gasteiger partial charge on any atom is 0.247 e. The fourth-order valence-electron chi connectivity index (χ4n) is 3.91. The minimum atomic E-state index is -0.699. The predicted molar refractivity (Wildman–Crippen MR) is 113 cm³/mol. The third-order valence-electron chi connectivity index (χ3n) is 5.46. The van der Waals surface area contributed by atoms with Crippen molar-refractivity contribution in [1.29, 1.82) is 10.5 Å². The van der Waals surface area contributed by atoms with Gasteiger partial charge in [-0.2, -0.15) is 10.5 Å². The van der Waals surface area contributed by atoms with Crippen LogP contribution < -0.4 is 10.6 Å². The number of carbonyl (C=O) groups excluding carboxylic acids is 2. The van der Waals surface area contributed by atoms with E-state index in [1.165, 1.54) is 4.90 Å². The first-order valence-electron chi connectivity index (χ1n) is 9.60. The van der Waals surface area contributed by atoms with Crippen molar-refractivity contribution in [3.8, 4) is 12.1 Å². The molecule has 2 aromatic rings. The summed E-state index contributed by atoms with van der Waals surface area (Å²) < 4.78 is 0. The van der Waals surface area contributed by atoms with Crippen molar-refractivity contribution < 1.29 is 9.59 Å². The Kier molecular flexibility index (Phi) is 4.97. The number of aryl methyl sites for hydroxylation is 2. The lowest BCUT2D eigenvalue weighted by molar-refractivity contribution is -0.121. The fourth-order valence-corrected chi connectivity index (χ4v) is 5.04. The number of thioether (sulfide) groups is 1. The molecule has 1 atom stereocenters. The zero-order chi connectivity index (χ0) is 21.6. The van der Waals surface area contributed by atoms with Gasteiger partial charge in [0.15, 0.2) is 0 Å². The Balaban J connectivity index is 1.71. The summed E-state index contributed by atoms with van der Waals surface area (Å²) in [4.78, 5) is 31.4. The number of hydrogen-bond donors (Lipinski definition) is 1. The topological polar surface area (TPSA) is 124 Å². The van der Waals surface area contributed by atoms with Gasteiger partial charge in [-0.3, -0.25) is 9.59 Å². The van der Waals surface area contributed by atoms with E-state index in [-0.39, 0.29) is 35.5 Å². The first-order valence-corrected chi connectivity index (χ1v) is 10.5. The van der Waals surface area contributed by atoms with Crippen molar-refractivity contribution in [2.75, 3.05) is 10.6 Å². The molecule has 1 saturated heterocycles. The van der Waals surface area contributed by atoms with Gasteiger partial charge >= 0.3 is 0 Å². The van der Waals surface area contributed by atoms with E-state index in [1.807, 2.05) is 32.0 Å². The summed E-state index contributed by atoms with van der Waals surface area (Å²) in [6.45, 7) is 3.73. The van der Waals surface area contributed by atoms with Gasteiger partial charge < -0.3 is 5.73 Å². The molecule has 30 heavy (non-hydrogen) atoms. The van der Waals surface area contributed by atoms with Crippen LogP contribution >= 0.6 is 11.8 Å². The molecule has 1 aromatic carbocycles. The molecule has 8 heteroatoms. The lowest BCUT2D eigenvalue weighted by Crippen LogP contribution is -2.32. The molecule has 2 N–H and O–H groups in total. The molecule has 2 aliphatic rings. The molecular formula is C22H19N5O2S. The maximum absolute atomic E-state index is 13.2. The van der Waals surface area contributed by atoms with Crippen molar-refractivity contribution in [3.05, 3.63) is 46.0 Å². The molecule has 7 nitrogen and oxygen atoms in total. The Hall–Kier alpha value is -3.36. The molecule has 0 radical (unpaired) electrons. The van der Waals surface area contributed by atoms with Gasteiger partial charge in [-0.25, -0.2) is 9.88 Å². The average Bonchev–Trinajstić information content (AvgIpc) is 3.50. The SMILES string of the molecule is Cc1cccc(C)c1N1C(=O)CC(Sc2nc(N)c(C#N)c(C3CC3)c2C#N)C1=O. The van der Waals surface area contributed by atoms with Crippen LogP contribution in [0.25, 0.3) is 0 Å². The highest BCUT2D eigenvalue weighted by Crippen LogP contribution is 2.47. The number of pyridine rings is 1.